The van der Waals surface area contributed by atoms with Crippen LogP contribution in [0.25, 0.3) is 0 Å². The van der Waals surface area contributed by atoms with Gasteiger partial charge in [0.2, 0.25) is 5.91 Å². The molecule has 178 valence electrons. The molecule has 1 atom stereocenters. The summed E-state index contributed by atoms with van der Waals surface area (Å²) in [6.07, 6.45) is 1.24. The first kappa shape index (κ1) is 26.2. The number of hydrogen-bond acceptors (Lipinski definition) is 3. The predicted octanol–water partition coefficient (Wildman–Crippen LogP) is 5.60. The third kappa shape index (κ3) is 8.13. The van der Waals surface area contributed by atoms with Gasteiger partial charge in [-0.25, -0.2) is 0 Å². The minimum absolute atomic E-state index is 0.149. The van der Waals surface area contributed by atoms with Crippen LogP contribution in [-0.2, 0) is 22.6 Å². The molecule has 0 aliphatic rings. The molecular formula is C27H28BrIN2O3. The second kappa shape index (κ2) is 13.5. The quantitative estimate of drug-likeness (QED) is 0.280. The van der Waals surface area contributed by atoms with Gasteiger partial charge in [-0.15, -0.1) is 0 Å². The Morgan fingerprint density at radius 2 is 1.65 bits per heavy atom. The van der Waals surface area contributed by atoms with E-state index in [-0.39, 0.29) is 18.4 Å². The van der Waals surface area contributed by atoms with Crippen molar-refractivity contribution in [2.24, 2.45) is 0 Å². The maximum absolute atomic E-state index is 13.5. The lowest BCUT2D eigenvalue weighted by Gasteiger charge is -2.31. The Bertz CT molecular complexity index is 1060. The van der Waals surface area contributed by atoms with E-state index in [1.807, 2.05) is 85.8 Å². The highest BCUT2D eigenvalue weighted by Crippen LogP contribution is 2.18. The summed E-state index contributed by atoms with van der Waals surface area (Å²) in [5.74, 6) is 0.215. The van der Waals surface area contributed by atoms with Gasteiger partial charge in [0.05, 0.1) is 0 Å². The number of hydrogen-bond donors (Lipinski definition) is 1. The zero-order valence-corrected chi connectivity index (χ0v) is 22.8. The van der Waals surface area contributed by atoms with E-state index in [0.29, 0.717) is 25.3 Å². The Morgan fingerprint density at radius 1 is 0.971 bits per heavy atom. The number of nitrogens with zero attached hydrogens (tertiary/aromatic N) is 1. The number of nitrogens with one attached hydrogen (secondary N) is 1. The van der Waals surface area contributed by atoms with Crippen LogP contribution in [0.4, 0.5) is 0 Å². The summed E-state index contributed by atoms with van der Waals surface area (Å²) in [7, 11) is 0. The Balaban J connectivity index is 1.87. The van der Waals surface area contributed by atoms with E-state index in [2.05, 4.69) is 43.8 Å². The summed E-state index contributed by atoms with van der Waals surface area (Å²) in [6, 6.07) is 24.4. The number of carbonyl (C=O) groups excluding carboxylic acids is 2. The van der Waals surface area contributed by atoms with E-state index in [4.69, 9.17) is 4.74 Å². The van der Waals surface area contributed by atoms with Gasteiger partial charge in [-0.05, 0) is 76.5 Å². The van der Waals surface area contributed by atoms with Crippen LogP contribution in [0, 0.1) is 3.57 Å². The topological polar surface area (TPSA) is 58.6 Å². The van der Waals surface area contributed by atoms with Crippen LogP contribution in [0.15, 0.2) is 83.3 Å². The molecule has 0 aliphatic heterocycles. The molecule has 0 aromatic heterocycles. The van der Waals surface area contributed by atoms with Gasteiger partial charge >= 0.3 is 0 Å². The summed E-state index contributed by atoms with van der Waals surface area (Å²) in [4.78, 5) is 28.4. The molecule has 3 aromatic rings. The number of carbonyl (C=O) groups is 2. The van der Waals surface area contributed by atoms with Gasteiger partial charge in [-0.2, -0.15) is 0 Å². The number of amides is 2. The maximum atomic E-state index is 13.5. The van der Waals surface area contributed by atoms with Crippen LogP contribution in [0.1, 0.15) is 24.5 Å². The minimum Gasteiger partial charge on any atom is -0.484 e. The van der Waals surface area contributed by atoms with Crippen molar-refractivity contribution in [3.63, 3.8) is 0 Å². The Kier molecular flexibility index (Phi) is 10.4. The molecule has 3 aromatic carbocycles. The van der Waals surface area contributed by atoms with E-state index in [9.17, 15) is 9.59 Å². The van der Waals surface area contributed by atoms with Gasteiger partial charge in [-0.1, -0.05) is 65.3 Å². The molecule has 2 amide bonds. The highest BCUT2D eigenvalue weighted by molar-refractivity contribution is 14.1. The number of benzene rings is 3. The summed E-state index contributed by atoms with van der Waals surface area (Å²) >= 11 is 5.68. The van der Waals surface area contributed by atoms with Crippen LogP contribution in [0.3, 0.4) is 0 Å². The number of halogens is 2. The van der Waals surface area contributed by atoms with Gasteiger partial charge < -0.3 is 15.0 Å². The zero-order valence-electron chi connectivity index (χ0n) is 19.0. The average molecular weight is 635 g/mol. The average Bonchev–Trinajstić information content (AvgIpc) is 2.86. The molecule has 34 heavy (non-hydrogen) atoms. The lowest BCUT2D eigenvalue weighted by Crippen LogP contribution is -2.51. The Morgan fingerprint density at radius 3 is 2.29 bits per heavy atom. The Hall–Kier alpha value is -2.39. The second-order valence-corrected chi connectivity index (χ2v) is 10.0. The van der Waals surface area contributed by atoms with Crippen molar-refractivity contribution in [1.82, 2.24) is 10.2 Å². The third-order valence-corrected chi connectivity index (χ3v) is 6.51. The van der Waals surface area contributed by atoms with E-state index in [1.54, 1.807) is 4.90 Å². The highest BCUT2D eigenvalue weighted by Gasteiger charge is 2.30. The van der Waals surface area contributed by atoms with E-state index < -0.39 is 6.04 Å². The molecule has 3 rings (SSSR count). The fraction of sp³-hybridized carbons (Fsp3) is 0.259. The van der Waals surface area contributed by atoms with Crippen molar-refractivity contribution >= 4 is 50.3 Å². The first-order valence-corrected chi connectivity index (χ1v) is 13.1. The first-order chi connectivity index (χ1) is 16.5. The van der Waals surface area contributed by atoms with Crippen LogP contribution in [0.2, 0.25) is 0 Å². The smallest absolute Gasteiger partial charge is 0.261 e. The first-order valence-electron chi connectivity index (χ1n) is 11.2. The predicted molar refractivity (Wildman–Crippen MR) is 147 cm³/mol. The summed E-state index contributed by atoms with van der Waals surface area (Å²) in [5, 5.41) is 2.98. The fourth-order valence-corrected chi connectivity index (χ4v) is 4.09. The normalized spacial score (nSPS) is 11.5. The summed E-state index contributed by atoms with van der Waals surface area (Å²) in [5.41, 5.74) is 1.93. The fourth-order valence-electron chi connectivity index (χ4n) is 3.47. The van der Waals surface area contributed by atoms with Crippen LogP contribution >= 0.6 is 38.5 Å². The van der Waals surface area contributed by atoms with E-state index >= 15 is 0 Å². The maximum Gasteiger partial charge on any atom is 0.261 e. The van der Waals surface area contributed by atoms with Crippen molar-refractivity contribution in [3.8, 4) is 5.75 Å². The van der Waals surface area contributed by atoms with Gasteiger partial charge in [-0.3, -0.25) is 9.59 Å². The lowest BCUT2D eigenvalue weighted by atomic mass is 10.0. The molecular weight excluding hydrogens is 607 g/mol. The van der Waals surface area contributed by atoms with Crippen molar-refractivity contribution in [2.75, 3.05) is 13.2 Å². The largest absolute Gasteiger partial charge is 0.484 e. The molecule has 0 bridgehead atoms. The van der Waals surface area contributed by atoms with Gasteiger partial charge in [0, 0.05) is 27.6 Å². The summed E-state index contributed by atoms with van der Waals surface area (Å²) in [6.45, 7) is 2.72. The molecule has 0 saturated heterocycles. The molecule has 0 aliphatic carbocycles. The number of ether oxygens (including phenoxy) is 1. The molecule has 0 spiro atoms. The van der Waals surface area contributed by atoms with Crippen molar-refractivity contribution < 1.29 is 14.3 Å². The standard InChI is InChI=1S/C27H28BrIN2O3/c1-2-16-30-27(33)25(17-20-6-4-3-5-7-20)31(18-21-8-10-22(28)11-9-21)26(32)19-34-24-14-12-23(29)13-15-24/h3-15,25H,2,16-19H2,1H3,(H,30,33)/t25-/m0/s1. The zero-order chi connectivity index (χ0) is 24.3. The number of rotatable bonds is 11. The van der Waals surface area contributed by atoms with Crippen molar-refractivity contribution in [3.05, 3.63) is 98.0 Å². The molecule has 0 unspecified atom stereocenters. The van der Waals surface area contributed by atoms with Crippen LogP contribution in [-0.4, -0.2) is 35.9 Å². The monoisotopic (exact) mass is 634 g/mol. The van der Waals surface area contributed by atoms with Crippen LogP contribution < -0.4 is 10.1 Å². The molecule has 5 nitrogen and oxygen atoms in total. The van der Waals surface area contributed by atoms with Crippen molar-refractivity contribution in [1.29, 1.82) is 0 Å². The van der Waals surface area contributed by atoms with Crippen molar-refractivity contribution in [2.45, 2.75) is 32.4 Å². The molecule has 0 heterocycles. The molecule has 1 N–H and O–H groups in total. The SMILES string of the molecule is CCCNC(=O)[C@H](Cc1ccccc1)N(Cc1ccc(Br)cc1)C(=O)COc1ccc(I)cc1. The van der Waals surface area contributed by atoms with Gasteiger partial charge in [0.1, 0.15) is 11.8 Å². The molecule has 0 radical (unpaired) electrons. The highest BCUT2D eigenvalue weighted by atomic mass is 127. The van der Waals surface area contributed by atoms with Crippen LogP contribution in [0.5, 0.6) is 5.75 Å². The lowest BCUT2D eigenvalue weighted by molar-refractivity contribution is -0.142. The summed E-state index contributed by atoms with van der Waals surface area (Å²) < 4.78 is 7.83. The molecule has 0 saturated carbocycles. The molecule has 7 heteroatoms. The van der Waals surface area contributed by atoms with Gasteiger partial charge in [0.15, 0.2) is 6.61 Å². The van der Waals surface area contributed by atoms with Gasteiger partial charge in [0.25, 0.3) is 5.91 Å². The third-order valence-electron chi connectivity index (χ3n) is 5.26. The van der Waals surface area contributed by atoms with E-state index in [1.165, 1.54) is 0 Å². The minimum atomic E-state index is -0.662. The second-order valence-electron chi connectivity index (χ2n) is 7.89. The molecule has 0 fully saturated rings. The van der Waals surface area contributed by atoms with E-state index in [0.717, 1.165) is 25.6 Å². The Labute approximate surface area is 223 Å².